The van der Waals surface area contributed by atoms with Crippen LogP contribution in [-0.4, -0.2) is 49.4 Å². The molecule has 176 valence electrons. The molecule has 4 aromatic heterocycles. The first-order valence-corrected chi connectivity index (χ1v) is 11.7. The third-order valence-electron chi connectivity index (χ3n) is 6.58. The predicted octanol–water partition coefficient (Wildman–Crippen LogP) is 4.34. The zero-order valence-corrected chi connectivity index (χ0v) is 19.3. The van der Waals surface area contributed by atoms with Gasteiger partial charge in [0.2, 0.25) is 0 Å². The summed E-state index contributed by atoms with van der Waals surface area (Å²) in [5, 5.41) is 15.2. The van der Waals surface area contributed by atoms with Crippen molar-refractivity contribution in [3.63, 3.8) is 0 Å². The number of para-hydroxylation sites is 1. The number of nitrogens with one attached hydrogen (secondary N) is 1. The summed E-state index contributed by atoms with van der Waals surface area (Å²) in [7, 11) is 0. The lowest BCUT2D eigenvalue weighted by Gasteiger charge is -2.22. The Kier molecular flexibility index (Phi) is 5.29. The normalized spacial score (nSPS) is 16.7. The fourth-order valence-corrected chi connectivity index (χ4v) is 4.91. The second-order valence-corrected chi connectivity index (χ2v) is 8.63. The minimum absolute atomic E-state index is 0.0642. The van der Waals surface area contributed by atoms with Crippen molar-refractivity contribution in [1.29, 1.82) is 5.26 Å². The number of ether oxygens (including phenoxy) is 1. The third kappa shape index (κ3) is 3.75. The van der Waals surface area contributed by atoms with Crippen LogP contribution in [0.1, 0.15) is 25.8 Å². The molecule has 1 aromatic carbocycles. The lowest BCUT2D eigenvalue weighted by molar-refractivity contribution is 0.330. The summed E-state index contributed by atoms with van der Waals surface area (Å²) >= 11 is 0. The number of benzene rings is 1. The fraction of sp³-hybridized carbons (Fsp3) is 0.320. The van der Waals surface area contributed by atoms with Crippen LogP contribution in [0.15, 0.2) is 53.6 Å². The smallest absolute Gasteiger partial charge is 0.298 e. The number of hydrogen-bond donors (Lipinski definition) is 1. The molecular weight excluding hydrogens is 444 g/mol. The number of fused-ring (bicyclic) bond motifs is 2. The quantitative estimate of drug-likeness (QED) is 0.374. The third-order valence-corrected chi connectivity index (χ3v) is 6.58. The molecule has 0 aliphatic carbocycles. The van der Waals surface area contributed by atoms with Gasteiger partial charge in [-0.1, -0.05) is 6.07 Å². The van der Waals surface area contributed by atoms with E-state index in [2.05, 4.69) is 31.0 Å². The lowest BCUT2D eigenvalue weighted by Crippen LogP contribution is -2.25. The van der Waals surface area contributed by atoms with Crippen molar-refractivity contribution in [3.8, 4) is 23.1 Å². The van der Waals surface area contributed by atoms with E-state index < -0.39 is 0 Å². The van der Waals surface area contributed by atoms with Gasteiger partial charge in [0, 0.05) is 42.4 Å². The molecule has 1 aliphatic rings. The summed E-state index contributed by atoms with van der Waals surface area (Å²) in [5.41, 5.74) is 3.95. The zero-order chi connectivity index (χ0) is 23.8. The monoisotopic (exact) mass is 468 g/mol. The Morgan fingerprint density at radius 2 is 2.26 bits per heavy atom. The molecule has 2 atom stereocenters. The summed E-state index contributed by atoms with van der Waals surface area (Å²) < 4.78 is 13.7. The molecule has 0 spiro atoms. The van der Waals surface area contributed by atoms with Crippen LogP contribution in [0.4, 0.5) is 6.01 Å². The highest BCUT2D eigenvalue weighted by Gasteiger charge is 2.33. The van der Waals surface area contributed by atoms with Crippen molar-refractivity contribution >= 4 is 28.1 Å². The number of rotatable bonds is 7. The largest absolute Gasteiger partial charge is 0.490 e. The summed E-state index contributed by atoms with van der Waals surface area (Å²) in [4.78, 5) is 18.7. The van der Waals surface area contributed by atoms with E-state index in [-0.39, 0.29) is 12.0 Å². The molecular formula is C25H24N8O2. The molecule has 0 saturated carbocycles. The molecule has 5 aromatic rings. The number of anilines is 1. The molecule has 35 heavy (non-hydrogen) atoms. The second kappa shape index (κ2) is 8.76. The molecule has 2 unspecified atom stereocenters. The Bertz CT molecular complexity index is 1530. The van der Waals surface area contributed by atoms with Crippen molar-refractivity contribution in [2.45, 2.75) is 25.8 Å². The maximum Gasteiger partial charge on any atom is 0.298 e. The Hall–Kier alpha value is -4.39. The number of nitriles is 1. The average Bonchev–Trinajstić information content (AvgIpc) is 3.67. The van der Waals surface area contributed by atoms with Crippen molar-refractivity contribution in [2.75, 3.05) is 24.6 Å². The van der Waals surface area contributed by atoms with Crippen LogP contribution in [0.25, 0.3) is 33.4 Å². The van der Waals surface area contributed by atoms with Crippen LogP contribution >= 0.6 is 0 Å². The van der Waals surface area contributed by atoms with Crippen LogP contribution in [0.3, 0.4) is 0 Å². The van der Waals surface area contributed by atoms with Gasteiger partial charge in [0.15, 0.2) is 11.3 Å². The highest BCUT2D eigenvalue weighted by molar-refractivity contribution is 5.90. The van der Waals surface area contributed by atoms with E-state index in [1.807, 2.05) is 54.5 Å². The molecule has 0 radical (unpaired) electrons. The summed E-state index contributed by atoms with van der Waals surface area (Å²) in [6.07, 6.45) is 8.46. The fourth-order valence-electron chi connectivity index (χ4n) is 4.91. The number of oxazole rings is 1. The van der Waals surface area contributed by atoms with Gasteiger partial charge >= 0.3 is 0 Å². The van der Waals surface area contributed by atoms with Crippen LogP contribution in [-0.2, 0) is 0 Å². The van der Waals surface area contributed by atoms with Crippen molar-refractivity contribution in [1.82, 2.24) is 29.7 Å². The molecule has 1 N–H and O–H groups in total. The number of hydrogen-bond acceptors (Lipinski definition) is 8. The molecule has 5 heterocycles. The summed E-state index contributed by atoms with van der Waals surface area (Å²) in [6, 6.07) is 10.6. The SMILES string of the molecule is CCOc1cccc2nc(N3CCC(C(CC#N)n4cc(-c5ncnc6[nH]ccc56)cn4)C3)oc12. The van der Waals surface area contributed by atoms with Crippen LogP contribution in [0.5, 0.6) is 5.75 Å². The van der Waals surface area contributed by atoms with Gasteiger partial charge in [-0.25, -0.2) is 9.97 Å². The molecule has 10 heteroatoms. The Morgan fingerprint density at radius 3 is 3.14 bits per heavy atom. The van der Waals surface area contributed by atoms with Gasteiger partial charge in [-0.3, -0.25) is 4.68 Å². The van der Waals surface area contributed by atoms with E-state index in [1.165, 1.54) is 0 Å². The number of nitrogens with zero attached hydrogens (tertiary/aromatic N) is 7. The minimum atomic E-state index is -0.0642. The first-order valence-electron chi connectivity index (χ1n) is 11.7. The van der Waals surface area contributed by atoms with E-state index in [4.69, 9.17) is 14.1 Å². The van der Waals surface area contributed by atoms with Crippen molar-refractivity contribution in [2.24, 2.45) is 5.92 Å². The first-order chi connectivity index (χ1) is 17.2. The van der Waals surface area contributed by atoms with Crippen molar-refractivity contribution < 1.29 is 9.15 Å². The van der Waals surface area contributed by atoms with Gasteiger partial charge in [0.1, 0.15) is 17.5 Å². The van der Waals surface area contributed by atoms with Gasteiger partial charge in [0.25, 0.3) is 6.01 Å². The second-order valence-electron chi connectivity index (χ2n) is 8.63. The molecule has 0 amide bonds. The molecule has 1 aliphatic heterocycles. The van der Waals surface area contributed by atoms with E-state index in [0.29, 0.717) is 30.4 Å². The summed E-state index contributed by atoms with van der Waals surface area (Å²) in [6.45, 7) is 4.04. The topological polar surface area (TPSA) is 122 Å². The lowest BCUT2D eigenvalue weighted by atomic mass is 9.96. The number of H-pyrrole nitrogens is 1. The van der Waals surface area contributed by atoms with Crippen LogP contribution in [0, 0.1) is 17.2 Å². The molecule has 6 rings (SSSR count). The Balaban J connectivity index is 1.25. The maximum atomic E-state index is 9.58. The Morgan fingerprint density at radius 1 is 1.31 bits per heavy atom. The first kappa shape index (κ1) is 21.2. The highest BCUT2D eigenvalue weighted by Crippen LogP contribution is 2.36. The molecule has 10 nitrogen and oxygen atoms in total. The van der Waals surface area contributed by atoms with Crippen LogP contribution in [0.2, 0.25) is 0 Å². The molecule has 1 saturated heterocycles. The van der Waals surface area contributed by atoms with Gasteiger partial charge in [-0.15, -0.1) is 0 Å². The number of aromatic amines is 1. The minimum Gasteiger partial charge on any atom is -0.490 e. The van der Waals surface area contributed by atoms with Gasteiger partial charge in [0.05, 0.1) is 37.0 Å². The standard InChI is InChI=1S/C25H24N8O2/c1-2-34-21-5-3-4-19-23(21)35-25(31-19)32-11-8-16(13-32)20(6-9-26)33-14-17(12-30-33)22-18-7-10-27-24(18)29-15-28-22/h3-5,7,10,12,14-16,20H,2,6,8,11,13H2,1H3,(H,27,28,29). The highest BCUT2D eigenvalue weighted by atomic mass is 16.5. The Labute approximate surface area is 201 Å². The van der Waals surface area contributed by atoms with E-state index in [0.717, 1.165) is 47.3 Å². The molecule has 0 bridgehead atoms. The van der Waals surface area contributed by atoms with E-state index in [9.17, 15) is 5.26 Å². The zero-order valence-electron chi connectivity index (χ0n) is 19.3. The van der Waals surface area contributed by atoms with E-state index >= 15 is 0 Å². The molecule has 1 fully saturated rings. The van der Waals surface area contributed by atoms with Gasteiger partial charge in [-0.05, 0) is 31.5 Å². The van der Waals surface area contributed by atoms with Crippen molar-refractivity contribution in [3.05, 3.63) is 49.2 Å². The van der Waals surface area contributed by atoms with Gasteiger partial charge < -0.3 is 19.0 Å². The van der Waals surface area contributed by atoms with Crippen LogP contribution < -0.4 is 9.64 Å². The predicted molar refractivity (Wildman–Crippen MR) is 130 cm³/mol. The van der Waals surface area contributed by atoms with Gasteiger partial charge in [-0.2, -0.15) is 15.3 Å². The number of aromatic nitrogens is 6. The maximum absolute atomic E-state index is 9.58. The van der Waals surface area contributed by atoms with E-state index in [1.54, 1.807) is 6.33 Å². The summed E-state index contributed by atoms with van der Waals surface area (Å²) in [5.74, 6) is 0.925. The average molecular weight is 469 g/mol.